The second-order valence-corrected chi connectivity index (χ2v) is 4.75. The van der Waals surface area contributed by atoms with E-state index in [9.17, 15) is 4.79 Å². The highest BCUT2D eigenvalue weighted by Crippen LogP contribution is 2.13. The van der Waals surface area contributed by atoms with Crippen molar-refractivity contribution in [2.75, 3.05) is 20.1 Å². The molecule has 0 bridgehead atoms. The van der Waals surface area contributed by atoms with Crippen LogP contribution in [0.15, 0.2) is 30.3 Å². The Hall–Kier alpha value is -2.14. The third-order valence-corrected chi connectivity index (χ3v) is 3.04. The Morgan fingerprint density at radius 1 is 1.20 bits per heavy atom. The van der Waals surface area contributed by atoms with Crippen molar-refractivity contribution in [3.8, 4) is 5.69 Å². The fourth-order valence-electron chi connectivity index (χ4n) is 2.05. The number of aryl methyl sites for hydroxylation is 2. The van der Waals surface area contributed by atoms with Crippen LogP contribution in [0.4, 0.5) is 0 Å². The normalized spacial score (nSPS) is 10.6. The van der Waals surface area contributed by atoms with E-state index in [0.29, 0.717) is 12.1 Å². The summed E-state index contributed by atoms with van der Waals surface area (Å²) >= 11 is 0. The molecule has 1 heterocycles. The summed E-state index contributed by atoms with van der Waals surface area (Å²) in [6.45, 7) is 5.36. The van der Waals surface area contributed by atoms with Crippen LogP contribution in [0, 0.1) is 13.8 Å². The van der Waals surface area contributed by atoms with Crippen LogP contribution in [-0.2, 0) is 0 Å². The lowest BCUT2D eigenvalue weighted by molar-refractivity contribution is 0.0954. The number of rotatable bonds is 5. The van der Waals surface area contributed by atoms with Crippen molar-refractivity contribution in [1.29, 1.82) is 0 Å². The van der Waals surface area contributed by atoms with Crippen molar-refractivity contribution in [3.05, 3.63) is 47.3 Å². The monoisotopic (exact) mass is 272 g/mol. The number of carbonyl (C=O) groups excluding carboxylic acids is 1. The van der Waals surface area contributed by atoms with Crippen molar-refractivity contribution in [1.82, 2.24) is 20.4 Å². The van der Waals surface area contributed by atoms with Crippen LogP contribution in [0.2, 0.25) is 0 Å². The van der Waals surface area contributed by atoms with Crippen LogP contribution in [0.1, 0.15) is 21.7 Å². The molecule has 1 amide bonds. The van der Waals surface area contributed by atoms with Gasteiger partial charge in [-0.25, -0.2) is 4.68 Å². The largest absolute Gasteiger partial charge is 0.351 e. The molecule has 0 unspecified atom stereocenters. The topological polar surface area (TPSA) is 58.9 Å². The van der Waals surface area contributed by atoms with E-state index in [-0.39, 0.29) is 5.91 Å². The van der Waals surface area contributed by atoms with Gasteiger partial charge in [-0.3, -0.25) is 4.79 Å². The number of hydrogen-bond acceptors (Lipinski definition) is 3. The van der Waals surface area contributed by atoms with E-state index in [4.69, 9.17) is 0 Å². The summed E-state index contributed by atoms with van der Waals surface area (Å²) in [5.74, 6) is -0.0554. The highest BCUT2D eigenvalue weighted by Gasteiger charge is 2.07. The van der Waals surface area contributed by atoms with E-state index in [1.54, 1.807) is 0 Å². The maximum absolute atomic E-state index is 11.9. The molecule has 106 valence electrons. The number of likely N-dealkylation sites (N-methyl/N-ethyl adjacent to an activating group) is 1. The standard InChI is InChI=1S/C15H20N4O/c1-11-10-12(2)19(18-11)14-6-4-13(5-7-14)15(20)17-9-8-16-3/h4-7,10,16H,8-9H2,1-3H3,(H,17,20). The van der Waals surface area contributed by atoms with Crippen LogP contribution in [-0.4, -0.2) is 35.8 Å². The number of benzene rings is 1. The summed E-state index contributed by atoms with van der Waals surface area (Å²) in [5.41, 5.74) is 3.68. The molecule has 0 atom stereocenters. The summed E-state index contributed by atoms with van der Waals surface area (Å²) < 4.78 is 1.87. The van der Waals surface area contributed by atoms with Crippen LogP contribution < -0.4 is 10.6 Å². The smallest absolute Gasteiger partial charge is 0.251 e. The molecule has 0 saturated carbocycles. The number of carbonyl (C=O) groups is 1. The lowest BCUT2D eigenvalue weighted by Crippen LogP contribution is -2.30. The third-order valence-electron chi connectivity index (χ3n) is 3.04. The zero-order chi connectivity index (χ0) is 14.5. The van der Waals surface area contributed by atoms with Crippen molar-refractivity contribution in [3.63, 3.8) is 0 Å². The van der Waals surface area contributed by atoms with Gasteiger partial charge in [0, 0.05) is 24.3 Å². The van der Waals surface area contributed by atoms with Gasteiger partial charge in [-0.2, -0.15) is 5.10 Å². The predicted octanol–water partition coefficient (Wildman–Crippen LogP) is 1.44. The van der Waals surface area contributed by atoms with Crippen LogP contribution in [0.5, 0.6) is 0 Å². The molecule has 5 nitrogen and oxygen atoms in total. The van der Waals surface area contributed by atoms with Gasteiger partial charge in [0.2, 0.25) is 0 Å². The molecule has 2 rings (SSSR count). The predicted molar refractivity (Wildman–Crippen MR) is 79.3 cm³/mol. The molecule has 0 fully saturated rings. The lowest BCUT2D eigenvalue weighted by Gasteiger charge is -2.07. The van der Waals surface area contributed by atoms with E-state index in [2.05, 4.69) is 15.7 Å². The first-order chi connectivity index (χ1) is 9.61. The van der Waals surface area contributed by atoms with Gasteiger partial charge >= 0.3 is 0 Å². The average molecular weight is 272 g/mol. The zero-order valence-corrected chi connectivity index (χ0v) is 12.1. The molecule has 1 aromatic heterocycles. The van der Waals surface area contributed by atoms with Crippen molar-refractivity contribution < 1.29 is 4.79 Å². The first-order valence-corrected chi connectivity index (χ1v) is 6.68. The summed E-state index contributed by atoms with van der Waals surface area (Å²) in [6, 6.07) is 9.48. The second kappa shape index (κ2) is 6.34. The minimum Gasteiger partial charge on any atom is -0.351 e. The average Bonchev–Trinajstić information content (AvgIpc) is 2.78. The van der Waals surface area contributed by atoms with Crippen molar-refractivity contribution in [2.24, 2.45) is 0 Å². The SMILES string of the molecule is CNCCNC(=O)c1ccc(-n2nc(C)cc2C)cc1. The van der Waals surface area contributed by atoms with Gasteiger partial charge in [-0.05, 0) is 51.2 Å². The van der Waals surface area contributed by atoms with E-state index in [1.165, 1.54) is 0 Å². The highest BCUT2D eigenvalue weighted by atomic mass is 16.1. The van der Waals surface area contributed by atoms with Crippen LogP contribution in [0.25, 0.3) is 5.69 Å². The molecule has 0 aliphatic rings. The Kier molecular flexibility index (Phi) is 4.53. The number of aromatic nitrogens is 2. The molecule has 0 aliphatic heterocycles. The van der Waals surface area contributed by atoms with Gasteiger partial charge < -0.3 is 10.6 Å². The highest BCUT2D eigenvalue weighted by molar-refractivity contribution is 5.94. The first kappa shape index (κ1) is 14.3. The van der Waals surface area contributed by atoms with Gasteiger partial charge in [0.25, 0.3) is 5.91 Å². The minimum absolute atomic E-state index is 0.0554. The molecule has 2 N–H and O–H groups in total. The molecule has 1 aromatic carbocycles. The molecule has 0 radical (unpaired) electrons. The van der Waals surface area contributed by atoms with Gasteiger partial charge in [-0.1, -0.05) is 0 Å². The Morgan fingerprint density at radius 2 is 1.90 bits per heavy atom. The number of hydrogen-bond donors (Lipinski definition) is 2. The molecule has 0 spiro atoms. The van der Waals surface area contributed by atoms with E-state index >= 15 is 0 Å². The summed E-state index contributed by atoms with van der Waals surface area (Å²) in [4.78, 5) is 11.9. The van der Waals surface area contributed by atoms with Crippen molar-refractivity contribution in [2.45, 2.75) is 13.8 Å². The molecule has 2 aromatic rings. The molecular weight excluding hydrogens is 252 g/mol. The summed E-state index contributed by atoms with van der Waals surface area (Å²) in [5, 5.41) is 10.3. The van der Waals surface area contributed by atoms with E-state index in [0.717, 1.165) is 23.6 Å². The Balaban J connectivity index is 2.10. The van der Waals surface area contributed by atoms with Crippen LogP contribution >= 0.6 is 0 Å². The molecule has 5 heteroatoms. The maximum Gasteiger partial charge on any atom is 0.251 e. The lowest BCUT2D eigenvalue weighted by atomic mass is 10.2. The molecular formula is C15H20N4O. The Morgan fingerprint density at radius 3 is 2.45 bits per heavy atom. The maximum atomic E-state index is 11.9. The molecule has 0 aliphatic carbocycles. The van der Waals surface area contributed by atoms with E-state index < -0.39 is 0 Å². The summed E-state index contributed by atoms with van der Waals surface area (Å²) in [7, 11) is 1.86. The second-order valence-electron chi connectivity index (χ2n) is 4.75. The number of nitrogens with one attached hydrogen (secondary N) is 2. The summed E-state index contributed by atoms with van der Waals surface area (Å²) in [6.07, 6.45) is 0. The fourth-order valence-corrected chi connectivity index (χ4v) is 2.05. The molecule has 0 saturated heterocycles. The zero-order valence-electron chi connectivity index (χ0n) is 12.1. The quantitative estimate of drug-likeness (QED) is 0.810. The number of nitrogens with zero attached hydrogens (tertiary/aromatic N) is 2. The Labute approximate surface area is 119 Å². The van der Waals surface area contributed by atoms with Gasteiger partial charge in [0.05, 0.1) is 11.4 Å². The van der Waals surface area contributed by atoms with Gasteiger partial charge in [0.1, 0.15) is 0 Å². The fraction of sp³-hybridized carbons (Fsp3) is 0.333. The van der Waals surface area contributed by atoms with E-state index in [1.807, 2.05) is 55.9 Å². The van der Waals surface area contributed by atoms with Gasteiger partial charge in [-0.15, -0.1) is 0 Å². The van der Waals surface area contributed by atoms with Crippen molar-refractivity contribution >= 4 is 5.91 Å². The minimum atomic E-state index is -0.0554. The number of amides is 1. The van der Waals surface area contributed by atoms with Crippen LogP contribution in [0.3, 0.4) is 0 Å². The first-order valence-electron chi connectivity index (χ1n) is 6.68. The third kappa shape index (κ3) is 3.24. The Bertz CT molecular complexity index is 586. The molecule has 20 heavy (non-hydrogen) atoms. The van der Waals surface area contributed by atoms with Gasteiger partial charge in [0.15, 0.2) is 0 Å².